The van der Waals surface area contributed by atoms with Crippen LogP contribution in [-0.4, -0.2) is 14.3 Å². The predicted octanol–water partition coefficient (Wildman–Crippen LogP) is 4.66. The molecular weight excluding hydrogens is 384 g/mol. The Bertz CT molecular complexity index is 1160. The van der Waals surface area contributed by atoms with Crippen LogP contribution in [0.15, 0.2) is 83.9 Å². The molecule has 0 aliphatic heterocycles. The first-order valence-corrected chi connectivity index (χ1v) is 9.76. The minimum Gasteiger partial charge on any atom is -0.381 e. The summed E-state index contributed by atoms with van der Waals surface area (Å²) in [6.07, 6.45) is 1.54. The first-order chi connectivity index (χ1) is 14.1. The Hall–Kier alpha value is -3.31. The van der Waals surface area contributed by atoms with E-state index in [9.17, 15) is 4.79 Å². The van der Waals surface area contributed by atoms with Gasteiger partial charge in [-0.25, -0.2) is 4.79 Å². The molecule has 0 unspecified atom stereocenters. The van der Waals surface area contributed by atoms with Crippen LogP contribution in [0.25, 0.3) is 5.69 Å². The number of hydrogen-bond donors (Lipinski definition) is 1. The monoisotopic (exact) mass is 404 g/mol. The third-order valence-electron chi connectivity index (χ3n) is 4.76. The van der Waals surface area contributed by atoms with Gasteiger partial charge >= 0.3 is 5.69 Å². The molecule has 1 aromatic heterocycles. The van der Waals surface area contributed by atoms with Gasteiger partial charge in [-0.05, 0) is 48.4 Å². The van der Waals surface area contributed by atoms with Gasteiger partial charge in [-0.3, -0.25) is 4.57 Å². The van der Waals surface area contributed by atoms with E-state index in [2.05, 4.69) is 41.6 Å². The van der Waals surface area contributed by atoms with Crippen molar-refractivity contribution in [3.63, 3.8) is 0 Å². The highest BCUT2D eigenvalue weighted by atomic mass is 35.5. The number of aryl methyl sites for hydroxylation is 1. The van der Waals surface area contributed by atoms with Crippen LogP contribution in [0.4, 0.5) is 5.69 Å². The number of anilines is 1. The van der Waals surface area contributed by atoms with Crippen molar-refractivity contribution in [1.29, 1.82) is 0 Å². The number of rotatable bonds is 6. The maximum Gasteiger partial charge on any atom is 0.350 e. The van der Waals surface area contributed by atoms with Gasteiger partial charge in [0.15, 0.2) is 0 Å². The van der Waals surface area contributed by atoms with Crippen molar-refractivity contribution in [3.8, 4) is 5.69 Å². The topological polar surface area (TPSA) is 51.9 Å². The average Bonchev–Trinajstić information content (AvgIpc) is 3.10. The van der Waals surface area contributed by atoms with Crippen LogP contribution in [-0.2, 0) is 13.1 Å². The van der Waals surface area contributed by atoms with Crippen molar-refractivity contribution >= 4 is 17.3 Å². The molecule has 0 saturated carbocycles. The van der Waals surface area contributed by atoms with E-state index in [4.69, 9.17) is 11.6 Å². The van der Waals surface area contributed by atoms with Gasteiger partial charge in [-0.2, -0.15) is 9.78 Å². The SMILES string of the molecule is Cc1ccc(CNc2ccc(-n3ncn(Cc4ccccc4Cl)c3=O)cc2)cc1. The molecule has 29 heavy (non-hydrogen) atoms. The molecule has 1 heterocycles. The third kappa shape index (κ3) is 4.41. The van der Waals surface area contributed by atoms with Gasteiger partial charge in [-0.15, -0.1) is 0 Å². The lowest BCUT2D eigenvalue weighted by Gasteiger charge is -2.08. The Balaban J connectivity index is 1.46. The van der Waals surface area contributed by atoms with Gasteiger partial charge in [0.2, 0.25) is 0 Å². The average molecular weight is 405 g/mol. The van der Waals surface area contributed by atoms with Gasteiger partial charge in [0.1, 0.15) is 6.33 Å². The van der Waals surface area contributed by atoms with Gasteiger partial charge in [0.05, 0.1) is 12.2 Å². The standard InChI is InChI=1S/C23H21ClN4O/c1-17-6-8-18(9-7-17)14-25-20-10-12-21(13-11-20)28-23(29)27(16-26-28)15-19-4-2-3-5-22(19)24/h2-13,16,25H,14-15H2,1H3. The number of halogens is 1. The lowest BCUT2D eigenvalue weighted by Crippen LogP contribution is -2.24. The fourth-order valence-corrected chi connectivity index (χ4v) is 3.26. The Morgan fingerprint density at radius 3 is 2.41 bits per heavy atom. The van der Waals surface area contributed by atoms with E-state index < -0.39 is 0 Å². The molecule has 5 nitrogen and oxygen atoms in total. The van der Waals surface area contributed by atoms with Crippen LogP contribution in [0.2, 0.25) is 5.02 Å². The Morgan fingerprint density at radius 2 is 1.69 bits per heavy atom. The predicted molar refractivity (Wildman–Crippen MR) is 117 cm³/mol. The first-order valence-electron chi connectivity index (χ1n) is 9.38. The van der Waals surface area contributed by atoms with Crippen molar-refractivity contribution in [2.45, 2.75) is 20.0 Å². The van der Waals surface area contributed by atoms with Gasteiger partial charge in [0, 0.05) is 17.3 Å². The minimum atomic E-state index is -0.203. The molecule has 0 bridgehead atoms. The molecule has 0 atom stereocenters. The van der Waals surface area contributed by atoms with E-state index in [1.807, 2.05) is 48.5 Å². The zero-order valence-electron chi connectivity index (χ0n) is 16.0. The van der Waals surface area contributed by atoms with E-state index in [0.717, 1.165) is 17.8 Å². The molecule has 0 aliphatic rings. The minimum absolute atomic E-state index is 0.203. The largest absolute Gasteiger partial charge is 0.381 e. The Labute approximate surface area is 174 Å². The Kier molecular flexibility index (Phi) is 5.49. The third-order valence-corrected chi connectivity index (χ3v) is 5.13. The number of nitrogens with one attached hydrogen (secondary N) is 1. The molecule has 0 aliphatic carbocycles. The van der Waals surface area contributed by atoms with Crippen molar-refractivity contribution in [1.82, 2.24) is 14.3 Å². The second-order valence-corrected chi connectivity index (χ2v) is 7.34. The summed E-state index contributed by atoms with van der Waals surface area (Å²) in [5.74, 6) is 0. The van der Waals surface area contributed by atoms with Crippen LogP contribution < -0.4 is 11.0 Å². The highest BCUT2D eigenvalue weighted by molar-refractivity contribution is 6.31. The van der Waals surface area contributed by atoms with Crippen molar-refractivity contribution in [2.24, 2.45) is 0 Å². The second kappa shape index (κ2) is 8.37. The maximum atomic E-state index is 12.7. The van der Waals surface area contributed by atoms with Gasteiger partial charge in [-0.1, -0.05) is 59.6 Å². The highest BCUT2D eigenvalue weighted by Gasteiger charge is 2.09. The molecule has 0 saturated heterocycles. The lowest BCUT2D eigenvalue weighted by molar-refractivity contribution is 0.738. The molecule has 3 aromatic carbocycles. The number of benzene rings is 3. The number of hydrogen-bond acceptors (Lipinski definition) is 3. The van der Waals surface area contributed by atoms with Crippen LogP contribution in [0.5, 0.6) is 0 Å². The highest BCUT2D eigenvalue weighted by Crippen LogP contribution is 2.16. The van der Waals surface area contributed by atoms with E-state index in [1.165, 1.54) is 22.1 Å². The maximum absolute atomic E-state index is 12.7. The zero-order chi connectivity index (χ0) is 20.2. The van der Waals surface area contributed by atoms with Gasteiger partial charge in [0.25, 0.3) is 0 Å². The number of aromatic nitrogens is 3. The molecule has 6 heteroatoms. The van der Waals surface area contributed by atoms with E-state index >= 15 is 0 Å². The van der Waals surface area contributed by atoms with Crippen molar-refractivity contribution < 1.29 is 0 Å². The summed E-state index contributed by atoms with van der Waals surface area (Å²) in [7, 11) is 0. The summed E-state index contributed by atoms with van der Waals surface area (Å²) in [6, 6.07) is 23.6. The first kappa shape index (κ1) is 19.0. The van der Waals surface area contributed by atoms with Gasteiger partial charge < -0.3 is 5.32 Å². The molecule has 0 spiro atoms. The molecular formula is C23H21ClN4O. The van der Waals surface area contributed by atoms with Crippen LogP contribution in [0.1, 0.15) is 16.7 Å². The molecule has 146 valence electrons. The van der Waals surface area contributed by atoms with Crippen molar-refractivity contribution in [3.05, 3.63) is 111 Å². The van der Waals surface area contributed by atoms with E-state index in [-0.39, 0.29) is 5.69 Å². The summed E-state index contributed by atoms with van der Waals surface area (Å²) in [5.41, 5.74) is 4.84. The summed E-state index contributed by atoms with van der Waals surface area (Å²) >= 11 is 6.20. The molecule has 4 aromatic rings. The quantitative estimate of drug-likeness (QED) is 0.508. The molecule has 0 fully saturated rings. The van der Waals surface area contributed by atoms with Crippen LogP contribution in [0, 0.1) is 6.92 Å². The van der Waals surface area contributed by atoms with Crippen LogP contribution >= 0.6 is 11.6 Å². The summed E-state index contributed by atoms with van der Waals surface area (Å²) in [5, 5.41) is 8.27. The number of nitrogens with zero attached hydrogens (tertiary/aromatic N) is 3. The summed E-state index contributed by atoms with van der Waals surface area (Å²) in [6.45, 7) is 3.20. The molecule has 0 radical (unpaired) electrons. The molecule has 0 amide bonds. The van der Waals surface area contributed by atoms with E-state index in [1.54, 1.807) is 4.57 Å². The summed E-state index contributed by atoms with van der Waals surface area (Å²) in [4.78, 5) is 12.7. The van der Waals surface area contributed by atoms with Crippen molar-refractivity contribution in [2.75, 3.05) is 5.32 Å². The second-order valence-electron chi connectivity index (χ2n) is 6.93. The fraction of sp³-hybridized carbons (Fsp3) is 0.130. The fourth-order valence-electron chi connectivity index (χ4n) is 3.06. The van der Waals surface area contributed by atoms with E-state index in [0.29, 0.717) is 17.3 Å². The smallest absolute Gasteiger partial charge is 0.350 e. The Morgan fingerprint density at radius 1 is 0.966 bits per heavy atom. The molecule has 1 N–H and O–H groups in total. The lowest BCUT2D eigenvalue weighted by atomic mass is 10.1. The summed E-state index contributed by atoms with van der Waals surface area (Å²) < 4.78 is 2.94. The van der Waals surface area contributed by atoms with Crippen LogP contribution in [0.3, 0.4) is 0 Å². The zero-order valence-corrected chi connectivity index (χ0v) is 16.8. The normalized spacial score (nSPS) is 10.8. The molecule has 4 rings (SSSR count).